The van der Waals surface area contributed by atoms with E-state index in [1.807, 2.05) is 0 Å². The summed E-state index contributed by atoms with van der Waals surface area (Å²) in [4.78, 5) is 12.2. The molecule has 0 fully saturated rings. The van der Waals surface area contributed by atoms with Crippen molar-refractivity contribution in [1.29, 1.82) is 0 Å². The Balaban J connectivity index is 2.32. The minimum absolute atomic E-state index is 0.0477. The molecular weight excluding hydrogens is 341 g/mol. The summed E-state index contributed by atoms with van der Waals surface area (Å²) in [5.74, 6) is -0.497. The zero-order chi connectivity index (χ0) is 14.9. The molecule has 106 valence electrons. The van der Waals surface area contributed by atoms with Crippen molar-refractivity contribution in [3.63, 3.8) is 0 Å². The van der Waals surface area contributed by atoms with Gasteiger partial charge in [-0.2, -0.15) is 0 Å². The Kier molecular flexibility index (Phi) is 4.39. The van der Waals surface area contributed by atoms with Crippen LogP contribution in [0.4, 0.5) is 5.69 Å². The summed E-state index contributed by atoms with van der Waals surface area (Å²) in [6.07, 6.45) is 1.04. The van der Waals surface area contributed by atoms with Gasteiger partial charge in [0.15, 0.2) is 9.84 Å². The first-order valence-corrected chi connectivity index (χ1v) is 8.86. The molecular formula is C12H9Cl2NO3S2. The van der Waals surface area contributed by atoms with Crippen molar-refractivity contribution >= 4 is 56.0 Å². The van der Waals surface area contributed by atoms with Gasteiger partial charge in [-0.25, -0.2) is 8.42 Å². The Bertz CT molecular complexity index is 769. The zero-order valence-corrected chi connectivity index (χ0v) is 13.3. The van der Waals surface area contributed by atoms with Gasteiger partial charge in [-0.3, -0.25) is 4.79 Å². The lowest BCUT2D eigenvalue weighted by molar-refractivity contribution is 0.103. The topological polar surface area (TPSA) is 63.2 Å². The number of benzene rings is 1. The van der Waals surface area contributed by atoms with Crippen molar-refractivity contribution in [2.24, 2.45) is 0 Å². The van der Waals surface area contributed by atoms with E-state index in [0.29, 0.717) is 10.7 Å². The Morgan fingerprint density at radius 2 is 1.90 bits per heavy atom. The number of nitrogens with one attached hydrogen (secondary N) is 1. The van der Waals surface area contributed by atoms with E-state index in [0.717, 1.165) is 17.6 Å². The molecule has 0 saturated heterocycles. The Labute approximate surface area is 130 Å². The number of para-hydroxylation sites is 1. The summed E-state index contributed by atoms with van der Waals surface area (Å²) >= 11 is 12.9. The number of hydrogen-bond donors (Lipinski definition) is 1. The first-order valence-electron chi connectivity index (χ1n) is 5.33. The summed E-state index contributed by atoms with van der Waals surface area (Å²) in [6, 6.07) is 6.73. The maximum absolute atomic E-state index is 12.1. The number of rotatable bonds is 3. The van der Waals surface area contributed by atoms with Gasteiger partial charge in [-0.05, 0) is 12.1 Å². The molecule has 2 aromatic rings. The normalized spacial score (nSPS) is 11.3. The number of carbonyl (C=O) groups is 1. The predicted molar refractivity (Wildman–Crippen MR) is 81.8 cm³/mol. The van der Waals surface area contributed by atoms with E-state index in [1.165, 1.54) is 5.38 Å². The third-order valence-corrected chi connectivity index (χ3v) is 5.62. The first kappa shape index (κ1) is 15.3. The Morgan fingerprint density at radius 3 is 2.45 bits per heavy atom. The number of amides is 1. The van der Waals surface area contributed by atoms with Crippen LogP contribution in [0.2, 0.25) is 10.0 Å². The van der Waals surface area contributed by atoms with Crippen LogP contribution < -0.4 is 5.32 Å². The molecule has 0 unspecified atom stereocenters. The molecule has 20 heavy (non-hydrogen) atoms. The average molecular weight is 350 g/mol. The molecule has 2 rings (SSSR count). The second-order valence-corrected chi connectivity index (χ2v) is 7.60. The van der Waals surface area contributed by atoms with Crippen molar-refractivity contribution in [2.75, 3.05) is 11.6 Å². The molecule has 0 aliphatic rings. The molecule has 4 nitrogen and oxygen atoms in total. The number of halogens is 2. The number of sulfone groups is 1. The van der Waals surface area contributed by atoms with Gasteiger partial charge in [0, 0.05) is 11.6 Å². The van der Waals surface area contributed by atoms with E-state index in [1.54, 1.807) is 24.3 Å². The fourth-order valence-electron chi connectivity index (χ4n) is 1.47. The third-order valence-electron chi connectivity index (χ3n) is 2.43. The van der Waals surface area contributed by atoms with Crippen molar-refractivity contribution in [3.8, 4) is 0 Å². The van der Waals surface area contributed by atoms with Crippen LogP contribution in [0.15, 0.2) is 34.5 Å². The van der Waals surface area contributed by atoms with Gasteiger partial charge >= 0.3 is 0 Å². The van der Waals surface area contributed by atoms with E-state index in [2.05, 4.69) is 5.32 Å². The SMILES string of the molecule is CS(=O)(=O)c1csc(C(=O)Nc2ccccc2Cl)c1Cl. The van der Waals surface area contributed by atoms with Gasteiger partial charge in [0.1, 0.15) is 4.88 Å². The van der Waals surface area contributed by atoms with Crippen LogP contribution in [-0.2, 0) is 9.84 Å². The highest BCUT2D eigenvalue weighted by atomic mass is 35.5. The molecule has 0 spiro atoms. The third kappa shape index (κ3) is 3.15. The number of hydrogen-bond acceptors (Lipinski definition) is 4. The summed E-state index contributed by atoms with van der Waals surface area (Å²) < 4.78 is 22.9. The number of carbonyl (C=O) groups excluding carboxylic acids is 1. The molecule has 1 aromatic heterocycles. The van der Waals surface area contributed by atoms with Gasteiger partial charge < -0.3 is 5.32 Å². The molecule has 1 heterocycles. The van der Waals surface area contributed by atoms with Gasteiger partial charge in [0.2, 0.25) is 0 Å². The fourth-order valence-corrected chi connectivity index (χ4v) is 4.46. The van der Waals surface area contributed by atoms with Crippen LogP contribution in [0.3, 0.4) is 0 Å². The lowest BCUT2D eigenvalue weighted by Gasteiger charge is -2.05. The summed E-state index contributed by atoms with van der Waals surface area (Å²) in [5.41, 5.74) is 0.435. The average Bonchev–Trinajstić information content (AvgIpc) is 2.74. The van der Waals surface area contributed by atoms with Crippen LogP contribution in [0, 0.1) is 0 Å². The molecule has 0 saturated carbocycles. The summed E-state index contributed by atoms with van der Waals surface area (Å²) in [5, 5.41) is 4.26. The molecule has 0 aliphatic carbocycles. The van der Waals surface area contributed by atoms with Gasteiger partial charge in [-0.1, -0.05) is 35.3 Å². The minimum atomic E-state index is -3.45. The minimum Gasteiger partial charge on any atom is -0.320 e. The van der Waals surface area contributed by atoms with Crippen molar-refractivity contribution < 1.29 is 13.2 Å². The van der Waals surface area contributed by atoms with Crippen LogP contribution in [-0.4, -0.2) is 20.6 Å². The smallest absolute Gasteiger partial charge is 0.267 e. The van der Waals surface area contributed by atoms with Gasteiger partial charge in [-0.15, -0.1) is 11.3 Å². The lowest BCUT2D eigenvalue weighted by Crippen LogP contribution is -2.11. The highest BCUT2D eigenvalue weighted by Gasteiger charge is 2.22. The zero-order valence-electron chi connectivity index (χ0n) is 10.2. The van der Waals surface area contributed by atoms with Crippen LogP contribution >= 0.6 is 34.5 Å². The molecule has 8 heteroatoms. The molecule has 1 aromatic carbocycles. The molecule has 0 aliphatic heterocycles. The number of anilines is 1. The highest BCUT2D eigenvalue weighted by Crippen LogP contribution is 2.32. The van der Waals surface area contributed by atoms with E-state index < -0.39 is 15.7 Å². The van der Waals surface area contributed by atoms with Crippen molar-refractivity contribution in [3.05, 3.63) is 44.6 Å². The largest absolute Gasteiger partial charge is 0.320 e. The molecule has 0 radical (unpaired) electrons. The van der Waals surface area contributed by atoms with Crippen molar-refractivity contribution in [2.45, 2.75) is 4.90 Å². The molecule has 1 N–H and O–H groups in total. The number of thiophene rings is 1. The second-order valence-electron chi connectivity index (χ2n) is 3.95. The lowest BCUT2D eigenvalue weighted by atomic mass is 10.3. The molecule has 0 atom stereocenters. The van der Waals surface area contributed by atoms with E-state index in [4.69, 9.17) is 23.2 Å². The maximum atomic E-state index is 12.1. The van der Waals surface area contributed by atoms with Crippen LogP contribution in [0.1, 0.15) is 9.67 Å². The Morgan fingerprint density at radius 1 is 1.25 bits per heavy atom. The fraction of sp³-hybridized carbons (Fsp3) is 0.0833. The standard InChI is InChI=1S/C12H9Cl2NO3S2/c1-20(17,18)9-6-19-11(10(9)14)12(16)15-8-5-3-2-4-7(8)13/h2-6H,1H3,(H,15,16). The van der Waals surface area contributed by atoms with Crippen molar-refractivity contribution in [1.82, 2.24) is 0 Å². The van der Waals surface area contributed by atoms with E-state index >= 15 is 0 Å². The highest BCUT2D eigenvalue weighted by molar-refractivity contribution is 7.91. The maximum Gasteiger partial charge on any atom is 0.267 e. The van der Waals surface area contributed by atoms with E-state index in [-0.39, 0.29) is 14.8 Å². The van der Waals surface area contributed by atoms with Gasteiger partial charge in [0.25, 0.3) is 5.91 Å². The van der Waals surface area contributed by atoms with Crippen LogP contribution in [0.25, 0.3) is 0 Å². The summed E-state index contributed by atoms with van der Waals surface area (Å²) in [6.45, 7) is 0. The quantitative estimate of drug-likeness (QED) is 0.918. The molecule has 0 bridgehead atoms. The Hall–Kier alpha value is -1.08. The first-order chi connectivity index (χ1) is 9.30. The second kappa shape index (κ2) is 5.73. The van der Waals surface area contributed by atoms with Gasteiger partial charge in [0.05, 0.1) is 20.6 Å². The van der Waals surface area contributed by atoms with E-state index in [9.17, 15) is 13.2 Å². The summed E-state index contributed by atoms with van der Waals surface area (Å²) in [7, 11) is -3.45. The molecule has 1 amide bonds. The van der Waals surface area contributed by atoms with Crippen LogP contribution in [0.5, 0.6) is 0 Å². The monoisotopic (exact) mass is 349 g/mol. The predicted octanol–water partition coefficient (Wildman–Crippen LogP) is 3.71.